The molecule has 0 aromatic heterocycles. The van der Waals surface area contributed by atoms with Crippen LogP contribution < -0.4 is 0 Å². The Kier molecular flexibility index (Phi) is 15.3. The van der Waals surface area contributed by atoms with Crippen LogP contribution >= 0.6 is 31.3 Å². The molecule has 0 amide bonds. The zero-order valence-electron chi connectivity index (χ0n) is 7.74. The Morgan fingerprint density at radius 2 is 0.750 bits per heavy atom. The first-order valence-corrected chi connectivity index (χ1v) is 9.24. The molecule has 0 aromatic rings. The van der Waals surface area contributed by atoms with Gasteiger partial charge in [-0.25, -0.2) is 18.3 Å². The molecule has 2 atom stereocenters. The van der Waals surface area contributed by atoms with Gasteiger partial charge in [0.05, 0.1) is 0 Å². The van der Waals surface area contributed by atoms with E-state index in [1.807, 2.05) is 0 Å². The average molecular weight is 434 g/mol. The molecule has 0 aliphatic heterocycles. The van der Waals surface area contributed by atoms with Crippen molar-refractivity contribution in [3.63, 3.8) is 0 Å². The maximum absolute atomic E-state index is 10.7. The van der Waals surface area contributed by atoms with Crippen molar-refractivity contribution < 1.29 is 65.6 Å². The Morgan fingerprint density at radius 3 is 0.900 bits per heavy atom. The zero-order valence-corrected chi connectivity index (χ0v) is 11.3. The maximum atomic E-state index is 10.7. The molecule has 20 heavy (non-hydrogen) atoms. The molecule has 0 rings (SSSR count). The minimum atomic E-state index is -5.63. The van der Waals surface area contributed by atoms with Crippen molar-refractivity contribution in [3.05, 3.63) is 0 Å². The van der Waals surface area contributed by atoms with E-state index in [-0.39, 0.29) is 103 Å². The molecule has 0 aliphatic carbocycles. The van der Waals surface area contributed by atoms with Gasteiger partial charge in [-0.2, -0.15) is 8.62 Å². The Hall–Kier alpha value is 3.79. The Bertz CT molecular complexity index is 424. The fraction of sp³-hybridized carbons (Fsp3) is 0. The van der Waals surface area contributed by atoms with Gasteiger partial charge in [0.15, 0.2) is 0 Å². The third-order valence-electron chi connectivity index (χ3n) is 0.641. The van der Waals surface area contributed by atoms with Crippen LogP contribution in [0.3, 0.4) is 0 Å². The molecule has 0 spiro atoms. The normalized spacial score (nSPS) is 18.1. The van der Waals surface area contributed by atoms with E-state index in [9.17, 15) is 18.3 Å². The van der Waals surface area contributed by atoms with Crippen molar-refractivity contribution in [1.29, 1.82) is 0 Å². The van der Waals surface area contributed by atoms with Crippen LogP contribution in [-0.4, -0.2) is 132 Å². The number of hydrogen-bond acceptors (Lipinski definition) is 8. The van der Waals surface area contributed by atoms with E-state index >= 15 is 0 Å². The van der Waals surface area contributed by atoms with Gasteiger partial charge in [-0.1, -0.05) is 0 Å². The first-order chi connectivity index (χ1) is 7.62. The number of hydrogen-bond donors (Lipinski definition) is 6. The van der Waals surface area contributed by atoms with Gasteiger partial charge in [-0.05, 0) is 0 Å². The number of rotatable bonds is 7. The summed E-state index contributed by atoms with van der Waals surface area (Å²) < 4.78 is 54.0. The summed E-state index contributed by atoms with van der Waals surface area (Å²) in [5.74, 6) is 0. The molecular formula is H8K2O14P4. The van der Waals surface area contributed by atoms with Gasteiger partial charge < -0.3 is 29.4 Å². The van der Waals surface area contributed by atoms with Crippen LogP contribution in [0.2, 0.25) is 0 Å². The van der Waals surface area contributed by atoms with Crippen LogP contribution in [0.25, 0.3) is 0 Å². The summed E-state index contributed by atoms with van der Waals surface area (Å²) in [7, 11) is -22.2. The van der Waals surface area contributed by atoms with Gasteiger partial charge in [0.1, 0.15) is 0 Å². The van der Waals surface area contributed by atoms with Gasteiger partial charge in [0.2, 0.25) is 0 Å². The van der Waals surface area contributed by atoms with Crippen LogP contribution in [0.1, 0.15) is 0 Å². The average Bonchev–Trinajstić information content (AvgIpc) is 1.91. The molecule has 0 saturated carbocycles. The van der Waals surface area contributed by atoms with Crippen molar-refractivity contribution in [2.45, 2.75) is 0 Å². The van der Waals surface area contributed by atoms with Gasteiger partial charge in [0.25, 0.3) is 0 Å². The summed E-state index contributed by atoms with van der Waals surface area (Å²) in [4.78, 5) is 49.5. The minimum absolute atomic E-state index is 0. The summed E-state index contributed by atoms with van der Waals surface area (Å²) in [6.45, 7) is 0. The Labute approximate surface area is 196 Å². The van der Waals surface area contributed by atoms with Crippen LogP contribution in [0.15, 0.2) is 0 Å². The predicted octanol–water partition coefficient (Wildman–Crippen LogP) is -1.94. The topological polar surface area (TPSA) is 227 Å². The molecule has 14 nitrogen and oxygen atoms in total. The summed E-state index contributed by atoms with van der Waals surface area (Å²) >= 11 is 0. The molecule has 0 heterocycles. The predicted molar refractivity (Wildman–Crippen MR) is 62.4 cm³/mol. The second-order valence-electron chi connectivity index (χ2n) is 2.23. The summed E-state index contributed by atoms with van der Waals surface area (Å²) in [6, 6.07) is 0. The second kappa shape index (κ2) is 10.7. The van der Waals surface area contributed by atoms with Crippen LogP contribution in [0, 0.1) is 0 Å². The Morgan fingerprint density at radius 1 is 0.550 bits per heavy atom. The van der Waals surface area contributed by atoms with E-state index in [4.69, 9.17) is 29.4 Å². The molecule has 0 aliphatic rings. The van der Waals surface area contributed by atoms with Crippen LogP contribution in [-0.2, 0) is 36.2 Å². The molecule has 20 heteroatoms. The first kappa shape index (κ1) is 28.6. The van der Waals surface area contributed by atoms with Crippen molar-refractivity contribution in [2.24, 2.45) is 0 Å². The second-order valence-corrected chi connectivity index (χ2v) is 7.67. The Balaban J connectivity index is -0.00000144. The quantitative estimate of drug-likeness (QED) is 0.111. The molecule has 0 radical (unpaired) electrons. The summed E-state index contributed by atoms with van der Waals surface area (Å²) in [5, 5.41) is 0. The van der Waals surface area contributed by atoms with E-state index in [0.29, 0.717) is 0 Å². The van der Waals surface area contributed by atoms with Gasteiger partial charge in [-0.3, -0.25) is 0 Å². The molecule has 0 bridgehead atoms. The van der Waals surface area contributed by atoms with Crippen molar-refractivity contribution in [1.82, 2.24) is 0 Å². The van der Waals surface area contributed by atoms with Crippen molar-refractivity contribution >= 4 is 134 Å². The molecule has 2 unspecified atom stereocenters. The third kappa shape index (κ3) is 18.1. The van der Waals surface area contributed by atoms with E-state index in [1.165, 1.54) is 0 Å². The summed E-state index contributed by atoms with van der Waals surface area (Å²) in [5.41, 5.74) is 0. The SMILES string of the molecule is O=P(O)(O)OP(=O)(O)OOP(=O)(O)OP(=O)(O)O.[KH].[KH]. The van der Waals surface area contributed by atoms with Gasteiger partial charge in [-0.15, -0.1) is 9.35 Å². The van der Waals surface area contributed by atoms with E-state index in [2.05, 4.69) is 18.0 Å². The van der Waals surface area contributed by atoms with Gasteiger partial charge in [0, 0.05) is 0 Å². The standard InChI is InChI=1S/2K.H6O14P4.2H/c;;1-15(2,3)13-17(7,8)11-12-18(9,10)14-16(4,5)6;;/h;;(H,7,8)(H,9,10)(H2,1,2,3)(H2,4,5,6);;. The molecular weight excluding hydrogens is 426 g/mol. The molecule has 0 aromatic carbocycles. The fourth-order valence-electron chi connectivity index (χ4n) is 0.380. The van der Waals surface area contributed by atoms with Crippen LogP contribution in [0.5, 0.6) is 0 Å². The van der Waals surface area contributed by atoms with E-state index in [1.54, 1.807) is 0 Å². The molecule has 0 saturated heterocycles. The zero-order chi connectivity index (χ0) is 14.8. The molecule has 0 fully saturated rings. The third-order valence-corrected chi connectivity index (χ3v) is 4.64. The van der Waals surface area contributed by atoms with Crippen molar-refractivity contribution in [2.75, 3.05) is 0 Å². The number of phosphoric acid groups is 4. The molecule has 114 valence electrons. The van der Waals surface area contributed by atoms with Gasteiger partial charge >= 0.3 is 134 Å². The van der Waals surface area contributed by atoms with Crippen molar-refractivity contribution in [3.8, 4) is 0 Å². The van der Waals surface area contributed by atoms with E-state index in [0.717, 1.165) is 0 Å². The van der Waals surface area contributed by atoms with Crippen LogP contribution in [0.4, 0.5) is 0 Å². The monoisotopic (exact) mass is 434 g/mol. The fourth-order valence-corrected chi connectivity index (χ4v) is 3.42. The summed E-state index contributed by atoms with van der Waals surface area (Å²) in [6.07, 6.45) is 0. The molecule has 6 N–H and O–H groups in total. The van der Waals surface area contributed by atoms with E-state index < -0.39 is 31.3 Å². The first-order valence-electron chi connectivity index (χ1n) is 3.19.